The van der Waals surface area contributed by atoms with Gasteiger partial charge < -0.3 is 10.1 Å². The SMILES string of the molecule is CCCCN(CC1CCC(CNC(C)(C)C)O1)C(C)CC. The van der Waals surface area contributed by atoms with Gasteiger partial charge in [-0.1, -0.05) is 20.3 Å². The molecule has 3 nitrogen and oxygen atoms in total. The van der Waals surface area contributed by atoms with Crippen LogP contribution in [0.4, 0.5) is 0 Å². The van der Waals surface area contributed by atoms with Crippen molar-refractivity contribution < 1.29 is 4.74 Å². The van der Waals surface area contributed by atoms with Crippen LogP contribution in [0.3, 0.4) is 0 Å². The van der Waals surface area contributed by atoms with E-state index in [1.165, 1.54) is 38.6 Å². The zero-order valence-electron chi connectivity index (χ0n) is 15.2. The fraction of sp³-hybridized carbons (Fsp3) is 1.00. The van der Waals surface area contributed by atoms with Crippen LogP contribution in [0.1, 0.15) is 73.6 Å². The molecule has 1 aliphatic rings. The lowest BCUT2D eigenvalue weighted by atomic mass is 10.1. The first-order valence-corrected chi connectivity index (χ1v) is 9.00. The zero-order valence-corrected chi connectivity index (χ0v) is 15.2. The highest BCUT2D eigenvalue weighted by Gasteiger charge is 2.28. The van der Waals surface area contributed by atoms with Crippen molar-refractivity contribution in [1.82, 2.24) is 10.2 Å². The number of nitrogens with one attached hydrogen (secondary N) is 1. The Balaban J connectivity index is 2.36. The molecule has 0 bridgehead atoms. The minimum atomic E-state index is 0.186. The molecule has 3 unspecified atom stereocenters. The topological polar surface area (TPSA) is 24.5 Å². The van der Waals surface area contributed by atoms with Crippen LogP contribution in [0.5, 0.6) is 0 Å². The first kappa shape index (κ1) is 18.9. The summed E-state index contributed by atoms with van der Waals surface area (Å²) >= 11 is 0. The molecule has 0 aliphatic carbocycles. The van der Waals surface area contributed by atoms with Gasteiger partial charge in [0.2, 0.25) is 0 Å². The summed E-state index contributed by atoms with van der Waals surface area (Å²) in [6.07, 6.45) is 7.06. The van der Waals surface area contributed by atoms with Crippen LogP contribution in [0.15, 0.2) is 0 Å². The lowest BCUT2D eigenvalue weighted by Crippen LogP contribution is -2.42. The third-order valence-corrected chi connectivity index (χ3v) is 4.51. The molecule has 0 radical (unpaired) electrons. The van der Waals surface area contributed by atoms with Crippen molar-refractivity contribution in [2.24, 2.45) is 0 Å². The van der Waals surface area contributed by atoms with E-state index in [2.05, 4.69) is 51.8 Å². The number of hydrogen-bond acceptors (Lipinski definition) is 3. The van der Waals surface area contributed by atoms with Gasteiger partial charge in [-0.25, -0.2) is 0 Å². The average molecular weight is 299 g/mol. The molecule has 1 heterocycles. The van der Waals surface area contributed by atoms with Crippen LogP contribution in [-0.2, 0) is 4.74 Å². The Morgan fingerprint density at radius 1 is 1.19 bits per heavy atom. The molecule has 126 valence electrons. The van der Waals surface area contributed by atoms with Gasteiger partial charge in [0.1, 0.15) is 0 Å². The highest BCUT2D eigenvalue weighted by molar-refractivity contribution is 4.82. The lowest BCUT2D eigenvalue weighted by Gasteiger charge is -2.31. The Morgan fingerprint density at radius 2 is 1.86 bits per heavy atom. The molecule has 0 aromatic carbocycles. The van der Waals surface area contributed by atoms with E-state index in [0.29, 0.717) is 18.2 Å². The van der Waals surface area contributed by atoms with Gasteiger partial charge in [-0.2, -0.15) is 0 Å². The molecule has 0 saturated carbocycles. The molecule has 0 aromatic rings. The predicted molar refractivity (Wildman–Crippen MR) is 91.9 cm³/mol. The summed E-state index contributed by atoms with van der Waals surface area (Å²) in [5, 5.41) is 3.57. The zero-order chi connectivity index (χ0) is 15.9. The van der Waals surface area contributed by atoms with Gasteiger partial charge in [0.25, 0.3) is 0 Å². The molecule has 0 spiro atoms. The Bertz CT molecular complexity index is 275. The molecule has 0 amide bonds. The van der Waals surface area contributed by atoms with Crippen LogP contribution in [0.2, 0.25) is 0 Å². The van der Waals surface area contributed by atoms with Crippen molar-refractivity contribution >= 4 is 0 Å². The van der Waals surface area contributed by atoms with Gasteiger partial charge in [-0.15, -0.1) is 0 Å². The minimum absolute atomic E-state index is 0.186. The first-order valence-electron chi connectivity index (χ1n) is 9.00. The Morgan fingerprint density at radius 3 is 2.43 bits per heavy atom. The van der Waals surface area contributed by atoms with E-state index < -0.39 is 0 Å². The van der Waals surface area contributed by atoms with Crippen LogP contribution >= 0.6 is 0 Å². The maximum absolute atomic E-state index is 6.26. The normalized spacial score (nSPS) is 24.7. The maximum atomic E-state index is 6.26. The molecular weight excluding hydrogens is 260 g/mol. The Kier molecular flexibility index (Phi) is 8.22. The first-order chi connectivity index (χ1) is 9.85. The molecule has 3 heteroatoms. The van der Waals surface area contributed by atoms with Gasteiger partial charge >= 0.3 is 0 Å². The summed E-state index contributed by atoms with van der Waals surface area (Å²) in [7, 11) is 0. The second-order valence-corrected chi connectivity index (χ2v) is 7.69. The third-order valence-electron chi connectivity index (χ3n) is 4.51. The van der Waals surface area contributed by atoms with Crippen molar-refractivity contribution in [3.63, 3.8) is 0 Å². The molecule has 21 heavy (non-hydrogen) atoms. The molecule has 0 aromatic heterocycles. The van der Waals surface area contributed by atoms with Crippen molar-refractivity contribution in [3.05, 3.63) is 0 Å². The third kappa shape index (κ3) is 7.62. The van der Waals surface area contributed by atoms with E-state index in [0.717, 1.165) is 13.1 Å². The van der Waals surface area contributed by atoms with Crippen LogP contribution in [0.25, 0.3) is 0 Å². The lowest BCUT2D eigenvalue weighted by molar-refractivity contribution is 0.0129. The quantitative estimate of drug-likeness (QED) is 0.700. The molecular formula is C18H38N2O. The van der Waals surface area contributed by atoms with Gasteiger partial charge in [-0.3, -0.25) is 4.90 Å². The highest BCUT2D eigenvalue weighted by atomic mass is 16.5. The summed E-state index contributed by atoms with van der Waals surface area (Å²) in [6, 6.07) is 0.673. The second kappa shape index (κ2) is 9.12. The van der Waals surface area contributed by atoms with Crippen molar-refractivity contribution in [2.75, 3.05) is 19.6 Å². The Hall–Kier alpha value is -0.120. The van der Waals surface area contributed by atoms with Crippen LogP contribution in [-0.4, -0.2) is 48.3 Å². The summed E-state index contributed by atoms with van der Waals surface area (Å²) in [5.74, 6) is 0. The number of ether oxygens (including phenoxy) is 1. The average Bonchev–Trinajstić information content (AvgIpc) is 2.87. The fourth-order valence-electron chi connectivity index (χ4n) is 2.86. The summed E-state index contributed by atoms with van der Waals surface area (Å²) in [4.78, 5) is 2.63. The van der Waals surface area contributed by atoms with Gasteiger partial charge in [0.15, 0.2) is 0 Å². The molecule has 3 atom stereocenters. The van der Waals surface area contributed by atoms with Crippen molar-refractivity contribution in [1.29, 1.82) is 0 Å². The fourth-order valence-corrected chi connectivity index (χ4v) is 2.86. The summed E-state index contributed by atoms with van der Waals surface area (Å²) < 4.78 is 6.26. The van der Waals surface area contributed by atoms with Gasteiger partial charge in [0.05, 0.1) is 12.2 Å². The van der Waals surface area contributed by atoms with E-state index in [9.17, 15) is 0 Å². The molecule has 1 saturated heterocycles. The smallest absolute Gasteiger partial charge is 0.0707 e. The number of rotatable bonds is 9. The molecule has 1 aliphatic heterocycles. The Labute approximate surface area is 132 Å². The van der Waals surface area contributed by atoms with E-state index in [1.807, 2.05) is 0 Å². The van der Waals surface area contributed by atoms with Gasteiger partial charge in [0, 0.05) is 24.7 Å². The summed E-state index contributed by atoms with van der Waals surface area (Å²) in [6.45, 7) is 16.9. The highest BCUT2D eigenvalue weighted by Crippen LogP contribution is 2.22. The van der Waals surface area contributed by atoms with E-state index in [1.54, 1.807) is 0 Å². The number of nitrogens with zero attached hydrogens (tertiary/aromatic N) is 1. The molecule has 1 rings (SSSR count). The largest absolute Gasteiger partial charge is 0.372 e. The van der Waals surface area contributed by atoms with Crippen LogP contribution in [0, 0.1) is 0 Å². The van der Waals surface area contributed by atoms with Crippen molar-refractivity contribution in [3.8, 4) is 0 Å². The van der Waals surface area contributed by atoms with E-state index in [4.69, 9.17) is 4.74 Å². The monoisotopic (exact) mass is 298 g/mol. The molecule has 1 fully saturated rings. The standard InChI is InChI=1S/C18H38N2O/c1-7-9-12-20(15(3)8-2)14-17-11-10-16(21-17)13-19-18(4,5)6/h15-17,19H,7-14H2,1-6H3. The summed E-state index contributed by atoms with van der Waals surface area (Å²) in [5.41, 5.74) is 0.186. The second-order valence-electron chi connectivity index (χ2n) is 7.69. The maximum Gasteiger partial charge on any atom is 0.0707 e. The minimum Gasteiger partial charge on any atom is -0.372 e. The number of unbranched alkanes of at least 4 members (excludes halogenated alkanes) is 1. The van der Waals surface area contributed by atoms with Gasteiger partial charge in [-0.05, 0) is 59.9 Å². The predicted octanol–water partition coefficient (Wildman–Crippen LogP) is 3.82. The van der Waals surface area contributed by atoms with Crippen molar-refractivity contribution in [2.45, 2.75) is 97.4 Å². The van der Waals surface area contributed by atoms with E-state index >= 15 is 0 Å². The van der Waals surface area contributed by atoms with Crippen LogP contribution < -0.4 is 5.32 Å². The number of hydrogen-bond donors (Lipinski definition) is 1. The van der Waals surface area contributed by atoms with E-state index in [-0.39, 0.29) is 5.54 Å². The molecule has 1 N–H and O–H groups in total.